The summed E-state index contributed by atoms with van der Waals surface area (Å²) in [5, 5.41) is 4.28. The molecule has 6 aromatic heterocycles. The normalized spacial score (nSPS) is 12.4. The van der Waals surface area contributed by atoms with Gasteiger partial charge in [-0.15, -0.1) is 68.0 Å². The minimum absolute atomic E-state index is 1.40. The fraction of sp³-hybridized carbons (Fsp3) is 0.133. The Hall–Kier alpha value is -2.06. The van der Waals surface area contributed by atoms with E-state index in [1.165, 1.54) is 90.1 Å². The first kappa shape index (κ1) is 22.0. The lowest BCUT2D eigenvalue weighted by molar-refractivity contribution is 1.56. The van der Waals surface area contributed by atoms with E-state index in [0.29, 0.717) is 0 Å². The highest BCUT2D eigenvalue weighted by Gasteiger charge is 2.25. The summed E-state index contributed by atoms with van der Waals surface area (Å²) < 4.78 is 10.1. The van der Waals surface area contributed by atoms with Crippen molar-refractivity contribution < 1.29 is 0 Å². The van der Waals surface area contributed by atoms with Crippen LogP contribution in [0.5, 0.6) is 0 Å². The van der Waals surface area contributed by atoms with E-state index < -0.39 is 0 Å². The first-order chi connectivity index (χ1) is 17.5. The number of benzene rings is 2. The van der Waals surface area contributed by atoms with Crippen molar-refractivity contribution in [1.82, 2.24) is 0 Å². The van der Waals surface area contributed by atoms with E-state index in [9.17, 15) is 0 Å². The Bertz CT molecular complexity index is 2100. The average molecular weight is 573 g/mol. The zero-order chi connectivity index (χ0) is 24.3. The van der Waals surface area contributed by atoms with Gasteiger partial charge in [0.2, 0.25) is 0 Å². The van der Waals surface area contributed by atoms with Gasteiger partial charge >= 0.3 is 0 Å². The van der Waals surface area contributed by atoms with Gasteiger partial charge < -0.3 is 0 Å². The number of aryl methyl sites for hydroxylation is 4. The summed E-state index contributed by atoms with van der Waals surface area (Å²) in [6.45, 7) is 9.32. The summed E-state index contributed by atoms with van der Waals surface area (Å²) in [6.07, 6.45) is 0. The van der Waals surface area contributed by atoms with Crippen LogP contribution in [0.3, 0.4) is 0 Å². The molecule has 0 aliphatic rings. The molecule has 0 saturated carbocycles. The van der Waals surface area contributed by atoms with E-state index >= 15 is 0 Å². The molecule has 0 aliphatic carbocycles. The van der Waals surface area contributed by atoms with Crippen LogP contribution in [0.4, 0.5) is 0 Å². The van der Waals surface area contributed by atoms with Gasteiger partial charge in [0.25, 0.3) is 0 Å². The van der Waals surface area contributed by atoms with Crippen LogP contribution in [0.25, 0.3) is 67.9 Å². The molecule has 0 fully saturated rings. The Kier molecular flexibility index (Phi) is 4.72. The molecule has 8 aromatic rings. The number of hydrogen-bond donors (Lipinski definition) is 0. The molecule has 36 heavy (non-hydrogen) atoms. The minimum Gasteiger partial charge on any atom is -0.134 e. The van der Waals surface area contributed by atoms with Crippen LogP contribution in [0.2, 0.25) is 0 Å². The van der Waals surface area contributed by atoms with Crippen LogP contribution in [0.15, 0.2) is 48.5 Å². The number of hydrogen-bond acceptors (Lipinski definition) is 6. The SMILES string of the molecule is Cc1c(-c2sc3c(sc4ccccc43)c2C)sc2c(C)c(-c3sc4sc5ccccc5c4c3C)sc12. The molecule has 6 heteroatoms. The third-order valence-corrected chi connectivity index (χ3v) is 15.9. The molecule has 0 amide bonds. The van der Waals surface area contributed by atoms with Gasteiger partial charge in [0.15, 0.2) is 0 Å². The second-order valence-electron chi connectivity index (χ2n) is 9.40. The number of rotatable bonds is 2. The summed E-state index contributed by atoms with van der Waals surface area (Å²) in [7, 11) is 0. The van der Waals surface area contributed by atoms with Crippen LogP contribution in [0, 0.1) is 27.7 Å². The molecule has 0 aliphatic heterocycles. The van der Waals surface area contributed by atoms with Crippen molar-refractivity contribution in [2.45, 2.75) is 27.7 Å². The maximum Gasteiger partial charge on any atom is 0.0887 e. The van der Waals surface area contributed by atoms with Crippen LogP contribution in [-0.4, -0.2) is 0 Å². The molecular weight excluding hydrogens is 553 g/mol. The van der Waals surface area contributed by atoms with Gasteiger partial charge in [-0.1, -0.05) is 36.4 Å². The Morgan fingerprint density at radius 1 is 0.417 bits per heavy atom. The van der Waals surface area contributed by atoms with Crippen LogP contribution < -0.4 is 0 Å². The molecule has 0 bridgehead atoms. The third kappa shape index (κ3) is 2.83. The predicted molar refractivity (Wildman–Crippen MR) is 171 cm³/mol. The highest BCUT2D eigenvalue weighted by molar-refractivity contribution is 7.44. The lowest BCUT2D eigenvalue weighted by Crippen LogP contribution is -1.76. The van der Waals surface area contributed by atoms with Crippen molar-refractivity contribution in [2.24, 2.45) is 0 Å². The largest absolute Gasteiger partial charge is 0.134 e. The topological polar surface area (TPSA) is 0 Å². The highest BCUT2D eigenvalue weighted by Crippen LogP contribution is 2.55. The Balaban J connectivity index is 1.31. The van der Waals surface area contributed by atoms with Crippen molar-refractivity contribution in [1.29, 1.82) is 0 Å². The van der Waals surface area contributed by atoms with E-state index in [1.54, 1.807) is 0 Å². The maximum atomic E-state index is 2.34. The first-order valence-electron chi connectivity index (χ1n) is 11.9. The van der Waals surface area contributed by atoms with Gasteiger partial charge in [-0.2, -0.15) is 0 Å². The predicted octanol–water partition coefficient (Wildman–Crippen LogP) is 12.4. The van der Waals surface area contributed by atoms with Crippen LogP contribution in [0.1, 0.15) is 22.3 Å². The Morgan fingerprint density at radius 2 is 0.889 bits per heavy atom. The molecule has 0 saturated heterocycles. The Labute approximate surface area is 232 Å². The van der Waals surface area contributed by atoms with E-state index in [2.05, 4.69) is 76.2 Å². The van der Waals surface area contributed by atoms with E-state index in [-0.39, 0.29) is 0 Å². The van der Waals surface area contributed by atoms with Gasteiger partial charge in [-0.25, -0.2) is 0 Å². The molecule has 0 nitrogen and oxygen atoms in total. The zero-order valence-corrected chi connectivity index (χ0v) is 25.0. The molecular formula is C30H20S6. The van der Waals surface area contributed by atoms with Gasteiger partial charge in [0.1, 0.15) is 0 Å². The summed E-state index contributed by atoms with van der Waals surface area (Å²) in [5.74, 6) is 0. The molecule has 6 heterocycles. The number of fused-ring (bicyclic) bond motifs is 7. The summed E-state index contributed by atoms with van der Waals surface area (Å²) in [5.41, 5.74) is 5.81. The Morgan fingerprint density at radius 3 is 1.53 bits per heavy atom. The van der Waals surface area contributed by atoms with Crippen molar-refractivity contribution in [2.75, 3.05) is 0 Å². The number of thiophene rings is 6. The van der Waals surface area contributed by atoms with Crippen molar-refractivity contribution >= 4 is 116 Å². The maximum absolute atomic E-state index is 2.34. The van der Waals surface area contributed by atoms with E-state index in [4.69, 9.17) is 0 Å². The van der Waals surface area contributed by atoms with Gasteiger partial charge in [0.05, 0.1) is 8.71 Å². The average Bonchev–Trinajstić information content (AvgIpc) is 3.69. The summed E-state index contributed by atoms with van der Waals surface area (Å²) >= 11 is 11.9. The van der Waals surface area contributed by atoms with Crippen molar-refractivity contribution in [3.63, 3.8) is 0 Å². The van der Waals surface area contributed by atoms with Crippen LogP contribution >= 0.6 is 68.0 Å². The van der Waals surface area contributed by atoms with Crippen molar-refractivity contribution in [3.05, 3.63) is 70.8 Å². The zero-order valence-electron chi connectivity index (χ0n) is 20.1. The van der Waals surface area contributed by atoms with Gasteiger partial charge in [-0.3, -0.25) is 0 Å². The monoisotopic (exact) mass is 572 g/mol. The smallest absolute Gasteiger partial charge is 0.0887 e. The lowest BCUT2D eigenvalue weighted by Gasteiger charge is -2.01. The molecule has 0 spiro atoms. The van der Waals surface area contributed by atoms with E-state index in [1.807, 2.05) is 68.0 Å². The van der Waals surface area contributed by atoms with Crippen molar-refractivity contribution in [3.8, 4) is 19.5 Å². The molecule has 0 radical (unpaired) electrons. The highest BCUT2D eigenvalue weighted by atomic mass is 32.2. The second kappa shape index (κ2) is 7.73. The fourth-order valence-corrected chi connectivity index (χ4v) is 14.1. The molecule has 2 aromatic carbocycles. The molecule has 176 valence electrons. The molecule has 0 atom stereocenters. The van der Waals surface area contributed by atoms with Gasteiger partial charge in [0, 0.05) is 59.2 Å². The lowest BCUT2D eigenvalue weighted by atomic mass is 10.1. The fourth-order valence-electron chi connectivity index (χ4n) is 5.40. The third-order valence-electron chi connectivity index (χ3n) is 7.30. The molecule has 8 rings (SSSR count). The first-order valence-corrected chi connectivity index (χ1v) is 16.8. The molecule has 0 N–H and O–H groups in total. The standard InChI is InChI=1S/C30H20S6/c1-13-21-17-9-5-7-11-19(17)32-30(21)36-22(13)23-14(2)24-25(33-23)15(3)26(34-24)27-16(4)28-29(35-27)18-10-6-8-12-20(18)31-28/h5-12H,1-4H3. The second-order valence-corrected chi connectivity index (χ2v) is 15.8. The van der Waals surface area contributed by atoms with E-state index in [0.717, 1.165) is 0 Å². The minimum atomic E-state index is 1.40. The molecule has 0 unspecified atom stereocenters. The summed E-state index contributed by atoms with van der Waals surface area (Å²) in [4.78, 5) is 5.87. The van der Waals surface area contributed by atoms with Gasteiger partial charge in [-0.05, 0) is 62.1 Å². The van der Waals surface area contributed by atoms with Crippen LogP contribution in [-0.2, 0) is 0 Å². The summed E-state index contributed by atoms with van der Waals surface area (Å²) in [6, 6.07) is 17.7. The quantitative estimate of drug-likeness (QED) is 0.193.